The van der Waals surface area contributed by atoms with Crippen LogP contribution < -0.4 is 14.8 Å². The third kappa shape index (κ3) is 6.24. The molecule has 0 aromatic heterocycles. The lowest BCUT2D eigenvalue weighted by molar-refractivity contribution is -0.123. The van der Waals surface area contributed by atoms with E-state index in [9.17, 15) is 4.79 Å². The first-order valence-corrected chi connectivity index (χ1v) is 10.1. The second kappa shape index (κ2) is 10.7. The lowest BCUT2D eigenvalue weighted by atomic mass is 10.0. The Morgan fingerprint density at radius 1 is 1.17 bits per heavy atom. The van der Waals surface area contributed by atoms with Gasteiger partial charge in [-0.25, -0.2) is 0 Å². The van der Waals surface area contributed by atoms with Crippen molar-refractivity contribution >= 4 is 29.1 Å². The number of benzene rings is 2. The van der Waals surface area contributed by atoms with Crippen LogP contribution in [0, 0.1) is 0 Å². The lowest BCUT2D eigenvalue weighted by Gasteiger charge is -2.35. The molecule has 1 saturated heterocycles. The van der Waals surface area contributed by atoms with Crippen LogP contribution in [0.5, 0.6) is 11.5 Å². The molecule has 1 unspecified atom stereocenters. The topological polar surface area (TPSA) is 60.0 Å². The third-order valence-electron chi connectivity index (χ3n) is 4.73. The molecule has 29 heavy (non-hydrogen) atoms. The van der Waals surface area contributed by atoms with Crippen molar-refractivity contribution in [2.45, 2.75) is 6.04 Å². The first-order valence-electron chi connectivity index (χ1n) is 9.37. The highest BCUT2D eigenvalue weighted by atomic mass is 35.5. The van der Waals surface area contributed by atoms with Crippen LogP contribution in [0.1, 0.15) is 11.6 Å². The predicted molar refractivity (Wildman–Crippen MR) is 113 cm³/mol. The van der Waals surface area contributed by atoms with E-state index in [0.717, 1.165) is 24.4 Å². The summed E-state index contributed by atoms with van der Waals surface area (Å²) in [6.07, 6.45) is 0. The zero-order chi connectivity index (χ0) is 20.6. The monoisotopic (exact) mass is 438 g/mol. The van der Waals surface area contributed by atoms with Gasteiger partial charge in [0.2, 0.25) is 0 Å². The molecule has 1 aliphatic heterocycles. The Morgan fingerprint density at radius 2 is 1.90 bits per heavy atom. The molecule has 1 atom stereocenters. The Bertz CT molecular complexity index is 811. The van der Waals surface area contributed by atoms with Crippen LogP contribution in [-0.2, 0) is 9.53 Å². The van der Waals surface area contributed by atoms with E-state index in [1.807, 2.05) is 24.3 Å². The van der Waals surface area contributed by atoms with Gasteiger partial charge in [-0.3, -0.25) is 9.69 Å². The second-order valence-corrected chi connectivity index (χ2v) is 7.45. The maximum atomic E-state index is 12.3. The van der Waals surface area contributed by atoms with Crippen molar-refractivity contribution in [3.63, 3.8) is 0 Å². The number of rotatable bonds is 8. The summed E-state index contributed by atoms with van der Waals surface area (Å²) in [5.41, 5.74) is 1.11. The molecular weight excluding hydrogens is 415 g/mol. The van der Waals surface area contributed by atoms with Crippen LogP contribution in [0.2, 0.25) is 10.0 Å². The van der Waals surface area contributed by atoms with Gasteiger partial charge in [0.05, 0.1) is 31.4 Å². The molecular formula is C21H24Cl2N2O4. The van der Waals surface area contributed by atoms with Gasteiger partial charge < -0.3 is 19.5 Å². The van der Waals surface area contributed by atoms with E-state index < -0.39 is 0 Å². The summed E-state index contributed by atoms with van der Waals surface area (Å²) < 4.78 is 16.2. The van der Waals surface area contributed by atoms with Gasteiger partial charge in [-0.1, -0.05) is 35.3 Å². The fourth-order valence-electron chi connectivity index (χ4n) is 3.17. The zero-order valence-electron chi connectivity index (χ0n) is 16.2. The van der Waals surface area contributed by atoms with Crippen LogP contribution >= 0.6 is 23.2 Å². The minimum atomic E-state index is -0.220. The molecule has 2 aromatic carbocycles. The summed E-state index contributed by atoms with van der Waals surface area (Å²) in [4.78, 5) is 14.7. The molecule has 8 heteroatoms. The number of methoxy groups -OCH3 is 1. The van der Waals surface area contributed by atoms with E-state index in [1.54, 1.807) is 25.3 Å². The van der Waals surface area contributed by atoms with Gasteiger partial charge in [0.1, 0.15) is 11.5 Å². The summed E-state index contributed by atoms with van der Waals surface area (Å²) in [7, 11) is 1.64. The van der Waals surface area contributed by atoms with Crippen molar-refractivity contribution < 1.29 is 19.0 Å². The van der Waals surface area contributed by atoms with Crippen molar-refractivity contribution in [1.29, 1.82) is 0 Å². The van der Waals surface area contributed by atoms with Gasteiger partial charge in [0.15, 0.2) is 6.61 Å². The van der Waals surface area contributed by atoms with E-state index in [2.05, 4.69) is 10.2 Å². The number of carbonyl (C=O) groups excluding carboxylic acids is 1. The zero-order valence-corrected chi connectivity index (χ0v) is 17.7. The first kappa shape index (κ1) is 21.7. The quantitative estimate of drug-likeness (QED) is 0.682. The maximum Gasteiger partial charge on any atom is 0.258 e. The molecule has 0 bridgehead atoms. The lowest BCUT2D eigenvalue weighted by Crippen LogP contribution is -2.44. The van der Waals surface area contributed by atoms with E-state index in [1.165, 1.54) is 0 Å². The first-order chi connectivity index (χ1) is 14.1. The standard InChI is InChI=1S/C21H24Cl2N2O4/c1-27-17-5-2-15(3-6-17)19(25-8-10-28-11-9-25)13-24-21(26)14-29-20-7-4-16(22)12-18(20)23/h2-7,12,19H,8-11,13-14H2,1H3,(H,24,26). The highest BCUT2D eigenvalue weighted by Gasteiger charge is 2.23. The highest BCUT2D eigenvalue weighted by Crippen LogP contribution is 2.27. The van der Waals surface area contributed by atoms with Gasteiger partial charge in [-0.05, 0) is 35.9 Å². The molecule has 2 aromatic rings. The molecule has 1 heterocycles. The number of nitrogens with one attached hydrogen (secondary N) is 1. The summed E-state index contributed by atoms with van der Waals surface area (Å²) in [6, 6.07) is 12.8. The number of carbonyl (C=O) groups is 1. The Kier molecular flexibility index (Phi) is 8.00. The molecule has 6 nitrogen and oxygen atoms in total. The Hall–Kier alpha value is -1.99. The van der Waals surface area contributed by atoms with Gasteiger partial charge in [-0.2, -0.15) is 0 Å². The number of morpholine rings is 1. The highest BCUT2D eigenvalue weighted by molar-refractivity contribution is 6.35. The number of hydrogen-bond acceptors (Lipinski definition) is 5. The SMILES string of the molecule is COc1ccc(C(CNC(=O)COc2ccc(Cl)cc2Cl)N2CCOCC2)cc1. The summed E-state index contributed by atoms with van der Waals surface area (Å²) in [5, 5.41) is 3.85. The minimum absolute atomic E-state index is 0.0351. The summed E-state index contributed by atoms with van der Waals surface area (Å²) in [6.45, 7) is 3.31. The number of halogens is 2. The third-order valence-corrected chi connectivity index (χ3v) is 5.26. The smallest absolute Gasteiger partial charge is 0.258 e. The Labute approximate surface area is 180 Å². The normalized spacial score (nSPS) is 15.6. The molecule has 0 saturated carbocycles. The van der Waals surface area contributed by atoms with E-state index in [-0.39, 0.29) is 18.6 Å². The van der Waals surface area contributed by atoms with Crippen LogP contribution in [0.4, 0.5) is 0 Å². The van der Waals surface area contributed by atoms with Crippen LogP contribution in [0.15, 0.2) is 42.5 Å². The predicted octanol–water partition coefficient (Wildman–Crippen LogP) is 3.57. The molecule has 0 radical (unpaired) electrons. The number of hydrogen-bond donors (Lipinski definition) is 1. The van der Waals surface area contributed by atoms with Gasteiger partial charge >= 0.3 is 0 Å². The van der Waals surface area contributed by atoms with E-state index in [4.69, 9.17) is 37.4 Å². The average Bonchev–Trinajstić information content (AvgIpc) is 2.74. The molecule has 1 amide bonds. The van der Waals surface area contributed by atoms with Crippen molar-refractivity contribution in [3.05, 3.63) is 58.1 Å². The molecule has 3 rings (SSSR count). The summed E-state index contributed by atoms with van der Waals surface area (Å²) in [5.74, 6) is 1.00. The fourth-order valence-corrected chi connectivity index (χ4v) is 3.63. The van der Waals surface area contributed by atoms with Crippen molar-refractivity contribution in [2.75, 3.05) is 46.6 Å². The molecule has 0 spiro atoms. The number of ether oxygens (including phenoxy) is 3. The largest absolute Gasteiger partial charge is 0.497 e. The number of amides is 1. The minimum Gasteiger partial charge on any atom is -0.497 e. The molecule has 156 valence electrons. The fraction of sp³-hybridized carbons (Fsp3) is 0.381. The van der Waals surface area contributed by atoms with Crippen LogP contribution in [0.3, 0.4) is 0 Å². The summed E-state index contributed by atoms with van der Waals surface area (Å²) >= 11 is 12.0. The molecule has 1 N–H and O–H groups in total. The van der Waals surface area contributed by atoms with Crippen molar-refractivity contribution in [3.8, 4) is 11.5 Å². The Morgan fingerprint density at radius 3 is 2.55 bits per heavy atom. The second-order valence-electron chi connectivity index (χ2n) is 6.60. The molecule has 1 aliphatic rings. The average molecular weight is 439 g/mol. The van der Waals surface area contributed by atoms with Gasteiger partial charge in [0, 0.05) is 24.7 Å². The van der Waals surface area contributed by atoms with Gasteiger partial charge in [-0.15, -0.1) is 0 Å². The van der Waals surface area contributed by atoms with Crippen LogP contribution in [0.25, 0.3) is 0 Å². The molecule has 1 fully saturated rings. The van der Waals surface area contributed by atoms with E-state index in [0.29, 0.717) is 35.6 Å². The van der Waals surface area contributed by atoms with Gasteiger partial charge in [0.25, 0.3) is 5.91 Å². The molecule has 0 aliphatic carbocycles. The van der Waals surface area contributed by atoms with Crippen molar-refractivity contribution in [2.24, 2.45) is 0 Å². The Balaban J connectivity index is 1.60. The number of nitrogens with zero attached hydrogens (tertiary/aromatic N) is 1. The van der Waals surface area contributed by atoms with E-state index >= 15 is 0 Å². The van der Waals surface area contributed by atoms with Crippen molar-refractivity contribution in [1.82, 2.24) is 10.2 Å². The van der Waals surface area contributed by atoms with Crippen LogP contribution in [-0.4, -0.2) is 57.4 Å². The maximum absolute atomic E-state index is 12.3.